The summed E-state index contributed by atoms with van der Waals surface area (Å²) in [5.74, 6) is -0.295. The molecule has 1 aromatic carbocycles. The number of carbonyl (C=O) groups excluding carboxylic acids is 1. The van der Waals surface area contributed by atoms with E-state index >= 15 is 0 Å². The molecular weight excluding hydrogens is 231 g/mol. The van der Waals surface area contributed by atoms with Crippen LogP contribution in [0.2, 0.25) is 0 Å². The van der Waals surface area contributed by atoms with Gasteiger partial charge in [-0.2, -0.15) is 13.2 Å². The normalized spacial score (nSPS) is 11.8. The average Bonchev–Trinajstić information content (AvgIpc) is 2.27. The van der Waals surface area contributed by atoms with Gasteiger partial charge in [0.25, 0.3) is 0 Å². The van der Waals surface area contributed by atoms with Crippen molar-refractivity contribution in [2.24, 2.45) is 0 Å². The molecule has 0 aromatic heterocycles. The Kier molecular flexibility index (Phi) is 4.69. The molecule has 0 heterocycles. The SMILES string of the molecule is CCN(CC(=O)c1ccccc1)CC(F)(F)F. The molecule has 1 aromatic rings. The van der Waals surface area contributed by atoms with E-state index in [1.165, 1.54) is 0 Å². The Balaban J connectivity index is 2.60. The summed E-state index contributed by atoms with van der Waals surface area (Å²) in [5, 5.41) is 0. The fourth-order valence-electron chi connectivity index (χ4n) is 1.45. The van der Waals surface area contributed by atoms with E-state index in [1.54, 1.807) is 37.3 Å². The highest BCUT2D eigenvalue weighted by atomic mass is 19.4. The molecule has 0 fully saturated rings. The molecule has 94 valence electrons. The van der Waals surface area contributed by atoms with Crippen LogP contribution in [0.3, 0.4) is 0 Å². The molecule has 0 unspecified atom stereocenters. The van der Waals surface area contributed by atoms with Gasteiger partial charge >= 0.3 is 6.18 Å². The summed E-state index contributed by atoms with van der Waals surface area (Å²) < 4.78 is 36.6. The first-order valence-corrected chi connectivity index (χ1v) is 5.29. The van der Waals surface area contributed by atoms with Gasteiger partial charge in [-0.25, -0.2) is 0 Å². The number of rotatable bonds is 5. The molecule has 0 N–H and O–H groups in total. The molecule has 17 heavy (non-hydrogen) atoms. The van der Waals surface area contributed by atoms with Crippen LogP contribution >= 0.6 is 0 Å². The van der Waals surface area contributed by atoms with Crippen molar-refractivity contribution < 1.29 is 18.0 Å². The number of hydrogen-bond acceptors (Lipinski definition) is 2. The predicted molar refractivity (Wildman–Crippen MR) is 58.9 cm³/mol. The van der Waals surface area contributed by atoms with Crippen molar-refractivity contribution in [2.75, 3.05) is 19.6 Å². The smallest absolute Gasteiger partial charge is 0.293 e. The molecule has 0 saturated heterocycles. The zero-order valence-corrected chi connectivity index (χ0v) is 9.50. The Hall–Kier alpha value is -1.36. The first-order chi connectivity index (χ1) is 7.92. The van der Waals surface area contributed by atoms with Gasteiger partial charge < -0.3 is 0 Å². The van der Waals surface area contributed by atoms with E-state index in [4.69, 9.17) is 0 Å². The van der Waals surface area contributed by atoms with Crippen molar-refractivity contribution in [3.8, 4) is 0 Å². The highest BCUT2D eigenvalue weighted by Crippen LogP contribution is 2.16. The second-order valence-electron chi connectivity index (χ2n) is 3.71. The van der Waals surface area contributed by atoms with Crippen LogP contribution in [0.1, 0.15) is 17.3 Å². The summed E-state index contributed by atoms with van der Waals surface area (Å²) in [6, 6.07) is 8.33. The van der Waals surface area contributed by atoms with Crippen LogP contribution < -0.4 is 0 Å². The molecular formula is C12H14F3NO. The van der Waals surface area contributed by atoms with Gasteiger partial charge in [-0.15, -0.1) is 0 Å². The molecule has 0 aliphatic heterocycles. The van der Waals surface area contributed by atoms with Crippen LogP contribution in [0.4, 0.5) is 13.2 Å². The summed E-state index contributed by atoms with van der Waals surface area (Å²) >= 11 is 0. The van der Waals surface area contributed by atoms with Crippen molar-refractivity contribution in [2.45, 2.75) is 13.1 Å². The number of ketones is 1. The van der Waals surface area contributed by atoms with Gasteiger partial charge in [0.2, 0.25) is 0 Å². The van der Waals surface area contributed by atoms with E-state index in [1.807, 2.05) is 0 Å². The quantitative estimate of drug-likeness (QED) is 0.743. The molecule has 0 aliphatic rings. The van der Waals surface area contributed by atoms with Crippen LogP contribution in [0.5, 0.6) is 0 Å². The molecule has 0 atom stereocenters. The number of nitrogens with zero attached hydrogens (tertiary/aromatic N) is 1. The monoisotopic (exact) mass is 245 g/mol. The van der Waals surface area contributed by atoms with Crippen LogP contribution in [0, 0.1) is 0 Å². The molecule has 0 aliphatic carbocycles. The third-order valence-corrected chi connectivity index (χ3v) is 2.31. The highest BCUT2D eigenvalue weighted by Gasteiger charge is 2.30. The van der Waals surface area contributed by atoms with Gasteiger partial charge in [0.15, 0.2) is 5.78 Å². The summed E-state index contributed by atoms with van der Waals surface area (Å²) in [5.41, 5.74) is 0.438. The number of benzene rings is 1. The molecule has 0 saturated carbocycles. The van der Waals surface area contributed by atoms with E-state index in [0.29, 0.717) is 5.56 Å². The molecule has 0 amide bonds. The Morgan fingerprint density at radius 1 is 1.24 bits per heavy atom. The summed E-state index contributed by atoms with van der Waals surface area (Å²) in [7, 11) is 0. The van der Waals surface area contributed by atoms with E-state index in [2.05, 4.69) is 0 Å². The Labute approximate surface area is 98.0 Å². The van der Waals surface area contributed by atoms with Crippen molar-refractivity contribution in [1.29, 1.82) is 0 Å². The van der Waals surface area contributed by atoms with E-state index in [9.17, 15) is 18.0 Å². The Bertz CT molecular complexity index is 362. The second-order valence-corrected chi connectivity index (χ2v) is 3.71. The lowest BCUT2D eigenvalue weighted by Gasteiger charge is -2.20. The van der Waals surface area contributed by atoms with Gasteiger partial charge in [0.1, 0.15) is 0 Å². The standard InChI is InChI=1S/C12H14F3NO/c1-2-16(9-12(13,14)15)8-11(17)10-6-4-3-5-7-10/h3-7H,2,8-9H2,1H3. The molecule has 0 radical (unpaired) electrons. The fraction of sp³-hybridized carbons (Fsp3) is 0.417. The molecule has 5 heteroatoms. The second kappa shape index (κ2) is 5.82. The van der Waals surface area contributed by atoms with Crippen LogP contribution in [-0.2, 0) is 0 Å². The maximum Gasteiger partial charge on any atom is 0.401 e. The summed E-state index contributed by atoms with van der Waals surface area (Å²) in [4.78, 5) is 12.8. The lowest BCUT2D eigenvalue weighted by atomic mass is 10.1. The largest absolute Gasteiger partial charge is 0.401 e. The summed E-state index contributed by atoms with van der Waals surface area (Å²) in [6.07, 6.45) is -4.27. The van der Waals surface area contributed by atoms with Gasteiger partial charge in [0.05, 0.1) is 13.1 Å². The van der Waals surface area contributed by atoms with Crippen molar-refractivity contribution in [1.82, 2.24) is 4.90 Å². The number of halogens is 3. The highest BCUT2D eigenvalue weighted by molar-refractivity contribution is 5.97. The number of carbonyl (C=O) groups is 1. The number of likely N-dealkylation sites (N-methyl/N-ethyl adjacent to an activating group) is 1. The zero-order chi connectivity index (χ0) is 12.9. The third kappa shape index (κ3) is 4.99. The summed E-state index contributed by atoms with van der Waals surface area (Å²) in [6.45, 7) is 0.532. The minimum absolute atomic E-state index is 0.193. The van der Waals surface area contributed by atoms with Crippen molar-refractivity contribution >= 4 is 5.78 Å². The van der Waals surface area contributed by atoms with Gasteiger partial charge in [0, 0.05) is 5.56 Å². The number of Topliss-reactive ketones (excluding diaryl/α,β-unsaturated/α-hetero) is 1. The number of hydrogen-bond donors (Lipinski definition) is 0. The molecule has 0 spiro atoms. The zero-order valence-electron chi connectivity index (χ0n) is 9.50. The van der Waals surface area contributed by atoms with Gasteiger partial charge in [-0.3, -0.25) is 9.69 Å². The third-order valence-electron chi connectivity index (χ3n) is 2.31. The fourth-order valence-corrected chi connectivity index (χ4v) is 1.45. The van der Waals surface area contributed by atoms with Crippen LogP contribution in [0.25, 0.3) is 0 Å². The van der Waals surface area contributed by atoms with E-state index in [0.717, 1.165) is 4.90 Å². The van der Waals surface area contributed by atoms with Crippen LogP contribution in [-0.4, -0.2) is 36.5 Å². The topological polar surface area (TPSA) is 20.3 Å². The minimum Gasteiger partial charge on any atom is -0.293 e. The minimum atomic E-state index is -4.27. The average molecular weight is 245 g/mol. The van der Waals surface area contributed by atoms with Crippen LogP contribution in [0.15, 0.2) is 30.3 Å². The molecule has 1 rings (SSSR count). The molecule has 0 bridgehead atoms. The van der Waals surface area contributed by atoms with Crippen molar-refractivity contribution in [3.63, 3.8) is 0 Å². The maximum atomic E-state index is 12.2. The molecule has 2 nitrogen and oxygen atoms in total. The van der Waals surface area contributed by atoms with E-state index in [-0.39, 0.29) is 18.9 Å². The van der Waals surface area contributed by atoms with Crippen molar-refractivity contribution in [3.05, 3.63) is 35.9 Å². The predicted octanol–water partition coefficient (Wildman–Crippen LogP) is 2.75. The Morgan fingerprint density at radius 2 is 1.82 bits per heavy atom. The lowest BCUT2D eigenvalue weighted by Crippen LogP contribution is -2.37. The number of alkyl halides is 3. The van der Waals surface area contributed by atoms with Gasteiger partial charge in [-0.05, 0) is 6.54 Å². The Morgan fingerprint density at radius 3 is 2.29 bits per heavy atom. The first kappa shape index (κ1) is 13.7. The lowest BCUT2D eigenvalue weighted by molar-refractivity contribution is -0.144. The van der Waals surface area contributed by atoms with E-state index < -0.39 is 12.7 Å². The first-order valence-electron chi connectivity index (χ1n) is 5.29. The van der Waals surface area contributed by atoms with Gasteiger partial charge in [-0.1, -0.05) is 37.3 Å². The maximum absolute atomic E-state index is 12.2.